The molecule has 2 aliphatic heterocycles. The summed E-state index contributed by atoms with van der Waals surface area (Å²) in [7, 11) is -9.12. The molecule has 13 nitrogen and oxygen atoms in total. The van der Waals surface area contributed by atoms with Crippen LogP contribution in [0.3, 0.4) is 0 Å². The Morgan fingerprint density at radius 3 is 2.19 bits per heavy atom. The largest absolute Gasteiger partial charge is 0.481 e. The van der Waals surface area contributed by atoms with Crippen LogP contribution in [0.4, 0.5) is 11.4 Å². The molecule has 2 aromatic carbocycles. The number of fused-ring (bicyclic) bond motifs is 2. The van der Waals surface area contributed by atoms with Gasteiger partial charge in [0.15, 0.2) is 5.71 Å². The van der Waals surface area contributed by atoms with Crippen LogP contribution in [0.2, 0.25) is 0 Å². The molecule has 2 aromatic rings. The molecule has 0 atom stereocenters. The fourth-order valence-corrected chi connectivity index (χ4v) is 9.59. The van der Waals surface area contributed by atoms with Gasteiger partial charge >= 0.3 is 5.97 Å². The van der Waals surface area contributed by atoms with E-state index in [0.29, 0.717) is 17.7 Å². The average Bonchev–Trinajstić information content (AvgIpc) is 3.62. The molecule has 3 aliphatic rings. The molecule has 0 bridgehead atoms. The Hall–Kier alpha value is -3.67. The van der Waals surface area contributed by atoms with Gasteiger partial charge in [0.2, 0.25) is 15.7 Å². The molecule has 16 heteroatoms. The maximum absolute atomic E-state index is 13.4. The molecule has 3 N–H and O–H groups in total. The Morgan fingerprint density at radius 1 is 0.904 bits per heavy atom. The quantitative estimate of drug-likeness (QED) is 0.183. The van der Waals surface area contributed by atoms with E-state index in [1.807, 2.05) is 45.7 Å². The van der Waals surface area contributed by atoms with Crippen molar-refractivity contribution in [1.29, 1.82) is 0 Å². The van der Waals surface area contributed by atoms with Crippen molar-refractivity contribution in [3.63, 3.8) is 0 Å². The van der Waals surface area contributed by atoms with Crippen molar-refractivity contribution in [2.24, 2.45) is 0 Å². The zero-order valence-electron chi connectivity index (χ0n) is 30.1. The number of benzene rings is 2. The van der Waals surface area contributed by atoms with E-state index in [0.717, 1.165) is 40.2 Å². The minimum absolute atomic E-state index is 0.0839. The van der Waals surface area contributed by atoms with Gasteiger partial charge < -0.3 is 10.0 Å². The molecule has 0 spiro atoms. The van der Waals surface area contributed by atoms with Crippen LogP contribution < -0.4 is 4.90 Å². The molecule has 0 radical (unpaired) electrons. The number of nitrogens with zero attached hydrogens (tertiary/aromatic N) is 3. The van der Waals surface area contributed by atoms with E-state index in [2.05, 4.69) is 16.7 Å². The average molecular weight is 777 g/mol. The second kappa shape index (κ2) is 14.0. The van der Waals surface area contributed by atoms with Crippen LogP contribution in [0.25, 0.3) is 0 Å². The molecule has 0 amide bonds. The zero-order chi connectivity index (χ0) is 38.6. The van der Waals surface area contributed by atoms with Crippen molar-refractivity contribution < 1.29 is 48.8 Å². The number of carboxylic acid groups (broad SMARTS) is 1. The van der Waals surface area contributed by atoms with Crippen molar-refractivity contribution >= 4 is 53.3 Å². The van der Waals surface area contributed by atoms with Crippen LogP contribution in [0.5, 0.6) is 0 Å². The van der Waals surface area contributed by atoms with E-state index in [1.54, 1.807) is 24.3 Å². The van der Waals surface area contributed by atoms with E-state index >= 15 is 0 Å². The van der Waals surface area contributed by atoms with Gasteiger partial charge in [-0.2, -0.15) is 21.4 Å². The SMILES string of the molecule is CN(CCCC(=O)O)S(=O)(=O)c1ccc2c(c1)C(C)(C)C(C=C1C=C(C=C3N(CCCS(=O)(=O)O)c4ccc(S(=O)(=O)O)cc4C3(C)C)CC1)=[N+]2C. The fourth-order valence-electron chi connectivity index (χ4n) is 7.36. The maximum Gasteiger partial charge on any atom is 0.303 e. The molecule has 52 heavy (non-hydrogen) atoms. The summed E-state index contributed by atoms with van der Waals surface area (Å²) in [5.41, 5.74) is 5.66. The lowest BCUT2D eigenvalue weighted by molar-refractivity contribution is -0.401. The van der Waals surface area contributed by atoms with Gasteiger partial charge in [-0.25, -0.2) is 12.7 Å². The first kappa shape index (κ1) is 39.5. The molecule has 0 fully saturated rings. The Kier molecular flexibility index (Phi) is 10.6. The second-order valence-corrected chi connectivity index (χ2v) is 19.6. The number of anilines is 1. The molecule has 282 valence electrons. The van der Waals surface area contributed by atoms with Crippen molar-refractivity contribution in [2.45, 2.75) is 80.4 Å². The smallest absolute Gasteiger partial charge is 0.303 e. The predicted octanol–water partition coefficient (Wildman–Crippen LogP) is 5.03. The van der Waals surface area contributed by atoms with Gasteiger partial charge in [-0.05, 0) is 92.6 Å². The lowest BCUT2D eigenvalue weighted by atomic mass is 9.81. The van der Waals surface area contributed by atoms with Crippen molar-refractivity contribution in [3.8, 4) is 0 Å². The van der Waals surface area contributed by atoms with E-state index in [9.17, 15) is 39.2 Å². The summed E-state index contributed by atoms with van der Waals surface area (Å²) in [6.07, 6.45) is 7.88. The molecule has 0 aromatic heterocycles. The molecular weight excluding hydrogens is 731 g/mol. The first-order chi connectivity index (χ1) is 23.9. The summed E-state index contributed by atoms with van der Waals surface area (Å²) in [5.74, 6) is -1.42. The second-order valence-electron chi connectivity index (χ2n) is 14.6. The third-order valence-corrected chi connectivity index (χ3v) is 13.7. The molecule has 5 rings (SSSR count). The van der Waals surface area contributed by atoms with Gasteiger partial charge in [0.05, 0.1) is 21.0 Å². The van der Waals surface area contributed by atoms with Crippen LogP contribution in [-0.4, -0.2) is 93.0 Å². The first-order valence-corrected chi connectivity index (χ1v) is 21.4. The molecule has 2 heterocycles. The number of sulfonamides is 1. The lowest BCUT2D eigenvalue weighted by Gasteiger charge is -2.27. The molecule has 0 saturated carbocycles. The highest BCUT2D eigenvalue weighted by molar-refractivity contribution is 7.89. The van der Waals surface area contributed by atoms with Crippen molar-refractivity contribution in [1.82, 2.24) is 4.31 Å². The summed E-state index contributed by atoms with van der Waals surface area (Å²) in [6.45, 7) is 8.28. The number of allylic oxidation sites excluding steroid dienone is 6. The van der Waals surface area contributed by atoms with E-state index in [1.165, 1.54) is 23.5 Å². The maximum atomic E-state index is 13.4. The number of aliphatic carboxylic acids is 1. The predicted molar refractivity (Wildman–Crippen MR) is 198 cm³/mol. The topological polar surface area (TPSA) is 190 Å². The number of hydrogen-bond acceptors (Lipinski definition) is 8. The van der Waals surface area contributed by atoms with E-state index in [4.69, 9.17) is 5.11 Å². The van der Waals surface area contributed by atoms with E-state index in [-0.39, 0.29) is 42.1 Å². The lowest BCUT2D eigenvalue weighted by Crippen LogP contribution is -2.29. The van der Waals surface area contributed by atoms with Crippen LogP contribution in [-0.2, 0) is 45.9 Å². The van der Waals surface area contributed by atoms with Gasteiger partial charge in [0.25, 0.3) is 20.2 Å². The van der Waals surface area contributed by atoms with Crippen LogP contribution in [0.15, 0.2) is 81.3 Å². The standard InChI is InChI=1S/C36H45N3O10S3/c1-35(2)28-22-26(51(45,46)37(5)16-7-9-34(40)41)12-14-30(28)38(6)32(35)20-24-10-11-25(19-24)21-33-36(3,4)29-23-27(52(47,48)49)13-15-31(29)39(33)17-8-18-50(42,43)44/h12-15,19-23H,7-11,16-18H2,1-6H3,(H2-,40,41,42,43,44,47,48,49)/p+1. The minimum atomic E-state index is -4.47. The summed E-state index contributed by atoms with van der Waals surface area (Å²) >= 11 is 0. The summed E-state index contributed by atoms with van der Waals surface area (Å²) in [6, 6.07) is 9.42. The summed E-state index contributed by atoms with van der Waals surface area (Å²) in [4.78, 5) is 12.8. The molecule has 0 unspecified atom stereocenters. The number of rotatable bonds is 13. The van der Waals surface area contributed by atoms with Gasteiger partial charge in [-0.15, -0.1) is 0 Å². The molecular formula is C36H46N3O10S3+. The fraction of sp³-hybridized carbons (Fsp3) is 0.444. The Morgan fingerprint density at radius 2 is 1.56 bits per heavy atom. The van der Waals surface area contributed by atoms with Crippen molar-refractivity contribution in [2.75, 3.05) is 37.8 Å². The normalized spacial score (nSPS) is 19.9. The minimum Gasteiger partial charge on any atom is -0.481 e. The van der Waals surface area contributed by atoms with Gasteiger partial charge in [-0.3, -0.25) is 13.9 Å². The monoisotopic (exact) mass is 776 g/mol. The molecule has 1 aliphatic carbocycles. The number of carboxylic acids is 1. The highest BCUT2D eigenvalue weighted by Gasteiger charge is 2.45. The third-order valence-electron chi connectivity index (χ3n) is 10.2. The Bertz CT molecular complexity index is 2290. The zero-order valence-corrected chi connectivity index (χ0v) is 32.6. The Labute approximate surface area is 306 Å². The van der Waals surface area contributed by atoms with Gasteiger partial charge in [0, 0.05) is 61.1 Å². The number of carbonyl (C=O) groups is 1. The van der Waals surface area contributed by atoms with Gasteiger partial charge in [-0.1, -0.05) is 19.9 Å². The van der Waals surface area contributed by atoms with E-state index < -0.39 is 52.8 Å². The Balaban J connectivity index is 1.46. The van der Waals surface area contributed by atoms with Crippen LogP contribution in [0.1, 0.15) is 70.9 Å². The summed E-state index contributed by atoms with van der Waals surface area (Å²) in [5, 5.41) is 8.95. The van der Waals surface area contributed by atoms with Gasteiger partial charge in [0.1, 0.15) is 7.05 Å². The highest BCUT2D eigenvalue weighted by atomic mass is 32.2. The van der Waals surface area contributed by atoms with Crippen LogP contribution in [0, 0.1) is 0 Å². The number of hydrogen-bond donors (Lipinski definition) is 3. The van der Waals surface area contributed by atoms with Crippen molar-refractivity contribution in [3.05, 3.63) is 82.6 Å². The molecule has 0 saturated heterocycles. The summed E-state index contributed by atoms with van der Waals surface area (Å²) < 4.78 is 96.2. The third kappa shape index (κ3) is 7.82. The highest BCUT2D eigenvalue weighted by Crippen LogP contribution is 2.49. The van der Waals surface area contributed by atoms with Crippen LogP contribution >= 0.6 is 0 Å². The first-order valence-electron chi connectivity index (χ1n) is 16.9.